The number of aryl methyl sites for hydroxylation is 1. The number of aromatic nitrogens is 2. The van der Waals surface area contributed by atoms with E-state index in [4.69, 9.17) is 0 Å². The summed E-state index contributed by atoms with van der Waals surface area (Å²) in [6.07, 6.45) is 1.99. The Morgan fingerprint density at radius 2 is 1.88 bits per heavy atom. The first-order valence-corrected chi connectivity index (χ1v) is 9.32. The van der Waals surface area contributed by atoms with Gasteiger partial charge in [-0.15, -0.1) is 0 Å². The predicted octanol–water partition coefficient (Wildman–Crippen LogP) is 4.35. The first kappa shape index (κ1) is 15.5. The summed E-state index contributed by atoms with van der Waals surface area (Å²) in [6, 6.07) is 10.9. The first-order valence-electron chi connectivity index (χ1n) is 8.50. The van der Waals surface area contributed by atoms with Crippen LogP contribution in [0.3, 0.4) is 0 Å². The molecular formula is C20H15FN2O2S. The third-order valence-corrected chi connectivity index (χ3v) is 5.87. The number of aromatic amines is 1. The maximum atomic E-state index is 14.8. The molecule has 0 bridgehead atoms. The highest BCUT2D eigenvalue weighted by Gasteiger charge is 2.29. The van der Waals surface area contributed by atoms with Crippen molar-refractivity contribution in [1.82, 2.24) is 8.94 Å². The highest BCUT2D eigenvalue weighted by molar-refractivity contribution is 7.12. The number of H-pyrrole nitrogens is 1. The van der Waals surface area contributed by atoms with Gasteiger partial charge in [0.05, 0.1) is 5.52 Å². The molecule has 2 aromatic carbocycles. The summed E-state index contributed by atoms with van der Waals surface area (Å²) in [6.45, 7) is 1.98. The molecule has 0 aliphatic heterocycles. The van der Waals surface area contributed by atoms with Crippen LogP contribution in [0.1, 0.15) is 24.4 Å². The molecule has 0 unspecified atom stereocenters. The zero-order valence-electron chi connectivity index (χ0n) is 14.0. The molecule has 0 amide bonds. The van der Waals surface area contributed by atoms with Gasteiger partial charge >= 0.3 is 0 Å². The van der Waals surface area contributed by atoms with Gasteiger partial charge in [-0.05, 0) is 49.0 Å². The molecular weight excluding hydrogens is 351 g/mol. The number of hydrogen-bond donors (Lipinski definition) is 1. The number of hydrogen-bond acceptors (Lipinski definition) is 3. The molecule has 6 heteroatoms. The van der Waals surface area contributed by atoms with Crippen molar-refractivity contribution in [3.05, 3.63) is 68.4 Å². The summed E-state index contributed by atoms with van der Waals surface area (Å²) in [5.41, 5.74) is 2.24. The average Bonchev–Trinajstić information content (AvgIpc) is 3.39. The van der Waals surface area contributed by atoms with Crippen LogP contribution >= 0.6 is 11.5 Å². The number of halogens is 1. The molecule has 26 heavy (non-hydrogen) atoms. The SMILES string of the molecule is Cc1ccc(-c2cc3c(cc2F)c(=O)c2c(=O)[nH]sc2n3C2CC2)cc1. The third kappa shape index (κ3) is 2.18. The van der Waals surface area contributed by atoms with Crippen molar-refractivity contribution in [3.8, 4) is 11.1 Å². The Labute approximate surface area is 151 Å². The van der Waals surface area contributed by atoms with E-state index in [1.54, 1.807) is 6.07 Å². The molecule has 0 spiro atoms. The van der Waals surface area contributed by atoms with E-state index < -0.39 is 16.8 Å². The minimum Gasteiger partial charge on any atom is -0.328 e. The third-order valence-electron chi connectivity index (χ3n) is 4.99. The molecule has 4 aromatic rings. The lowest BCUT2D eigenvalue weighted by atomic mass is 10.0. The highest BCUT2D eigenvalue weighted by Crippen LogP contribution is 2.40. The Morgan fingerprint density at radius 3 is 2.58 bits per heavy atom. The zero-order chi connectivity index (χ0) is 18.0. The summed E-state index contributed by atoms with van der Waals surface area (Å²) < 4.78 is 19.5. The van der Waals surface area contributed by atoms with Crippen LogP contribution in [0.15, 0.2) is 46.0 Å². The van der Waals surface area contributed by atoms with Gasteiger partial charge in [-0.2, -0.15) is 0 Å². The number of pyridine rings is 1. The fourth-order valence-corrected chi connectivity index (χ4v) is 4.43. The summed E-state index contributed by atoms with van der Waals surface area (Å²) in [5.74, 6) is -0.452. The maximum Gasteiger partial charge on any atom is 0.271 e. The lowest BCUT2D eigenvalue weighted by Gasteiger charge is -2.13. The number of nitrogens with one attached hydrogen (secondary N) is 1. The fourth-order valence-electron chi connectivity index (χ4n) is 3.50. The Hall–Kier alpha value is -2.73. The van der Waals surface area contributed by atoms with E-state index in [1.165, 1.54) is 17.6 Å². The van der Waals surface area contributed by atoms with Gasteiger partial charge in [0.25, 0.3) is 5.56 Å². The van der Waals surface area contributed by atoms with Crippen LogP contribution in [-0.2, 0) is 0 Å². The van der Waals surface area contributed by atoms with E-state index in [0.29, 0.717) is 15.9 Å². The summed E-state index contributed by atoms with van der Waals surface area (Å²) >= 11 is 1.18. The second-order valence-corrected chi connectivity index (χ2v) is 7.65. The Morgan fingerprint density at radius 1 is 1.15 bits per heavy atom. The number of benzene rings is 2. The Balaban J connectivity index is 1.92. The molecule has 0 saturated heterocycles. The van der Waals surface area contributed by atoms with Gasteiger partial charge in [0.2, 0.25) is 5.43 Å². The van der Waals surface area contributed by atoms with Crippen LogP contribution < -0.4 is 11.0 Å². The molecule has 1 aliphatic rings. The normalized spacial score (nSPS) is 14.4. The van der Waals surface area contributed by atoms with Crippen molar-refractivity contribution in [1.29, 1.82) is 0 Å². The van der Waals surface area contributed by atoms with Crippen LogP contribution in [-0.4, -0.2) is 8.94 Å². The Bertz CT molecular complexity index is 1290. The molecule has 0 radical (unpaired) electrons. The number of rotatable bonds is 2. The van der Waals surface area contributed by atoms with Crippen molar-refractivity contribution in [2.45, 2.75) is 25.8 Å². The number of nitrogens with zero attached hydrogens (tertiary/aromatic N) is 1. The van der Waals surface area contributed by atoms with Crippen molar-refractivity contribution >= 4 is 32.7 Å². The van der Waals surface area contributed by atoms with E-state index in [9.17, 15) is 14.0 Å². The molecule has 1 saturated carbocycles. The molecule has 2 aromatic heterocycles. The zero-order valence-corrected chi connectivity index (χ0v) is 14.8. The van der Waals surface area contributed by atoms with E-state index in [0.717, 1.165) is 24.0 Å². The molecule has 2 heterocycles. The van der Waals surface area contributed by atoms with Crippen LogP contribution in [0.4, 0.5) is 4.39 Å². The molecule has 130 valence electrons. The van der Waals surface area contributed by atoms with Crippen molar-refractivity contribution < 1.29 is 4.39 Å². The molecule has 1 fully saturated rings. The largest absolute Gasteiger partial charge is 0.328 e. The lowest BCUT2D eigenvalue weighted by Crippen LogP contribution is -2.15. The monoisotopic (exact) mass is 366 g/mol. The molecule has 4 nitrogen and oxygen atoms in total. The van der Waals surface area contributed by atoms with Gasteiger partial charge in [0, 0.05) is 17.0 Å². The van der Waals surface area contributed by atoms with Crippen LogP contribution in [0.5, 0.6) is 0 Å². The smallest absolute Gasteiger partial charge is 0.271 e. The first-order chi connectivity index (χ1) is 12.5. The quantitative estimate of drug-likeness (QED) is 0.573. The average molecular weight is 366 g/mol. The topological polar surface area (TPSA) is 54.9 Å². The fraction of sp³-hybridized carbons (Fsp3) is 0.200. The second-order valence-electron chi connectivity index (χ2n) is 6.86. The lowest BCUT2D eigenvalue weighted by molar-refractivity contribution is 0.632. The standard InChI is InChI=1S/C20H15FN2O2S/c1-10-2-4-11(5-3-10)13-9-16-14(8-15(13)21)18(24)17-19(25)22-26-20(17)23(16)12-6-7-12/h2-5,8-9,12H,6-7H2,1H3,(H,22,25). The molecule has 1 N–H and O–H groups in total. The van der Waals surface area contributed by atoms with Gasteiger partial charge in [0.15, 0.2) is 0 Å². The van der Waals surface area contributed by atoms with Gasteiger partial charge in [0.1, 0.15) is 16.0 Å². The van der Waals surface area contributed by atoms with Gasteiger partial charge in [-0.1, -0.05) is 29.8 Å². The van der Waals surface area contributed by atoms with Crippen molar-refractivity contribution in [2.75, 3.05) is 0 Å². The number of fused-ring (bicyclic) bond motifs is 2. The van der Waals surface area contributed by atoms with Crippen LogP contribution in [0.25, 0.3) is 32.2 Å². The van der Waals surface area contributed by atoms with Gasteiger partial charge < -0.3 is 4.57 Å². The van der Waals surface area contributed by atoms with E-state index in [-0.39, 0.29) is 16.8 Å². The molecule has 0 atom stereocenters. The minimum atomic E-state index is -0.452. The molecule has 5 rings (SSSR count). The Kier molecular flexibility index (Phi) is 3.21. The molecule has 1 aliphatic carbocycles. The van der Waals surface area contributed by atoms with E-state index >= 15 is 0 Å². The van der Waals surface area contributed by atoms with E-state index in [1.807, 2.05) is 35.8 Å². The van der Waals surface area contributed by atoms with E-state index in [2.05, 4.69) is 4.37 Å². The maximum absolute atomic E-state index is 14.8. The summed E-state index contributed by atoms with van der Waals surface area (Å²) in [4.78, 5) is 25.6. The van der Waals surface area contributed by atoms with Crippen molar-refractivity contribution in [2.24, 2.45) is 0 Å². The van der Waals surface area contributed by atoms with Crippen molar-refractivity contribution in [3.63, 3.8) is 0 Å². The van der Waals surface area contributed by atoms with Crippen LogP contribution in [0, 0.1) is 12.7 Å². The predicted molar refractivity (Wildman–Crippen MR) is 103 cm³/mol. The van der Waals surface area contributed by atoms with Crippen LogP contribution in [0.2, 0.25) is 0 Å². The van der Waals surface area contributed by atoms with Gasteiger partial charge in [-0.3, -0.25) is 14.0 Å². The minimum absolute atomic E-state index is 0.136. The highest BCUT2D eigenvalue weighted by atomic mass is 32.1. The summed E-state index contributed by atoms with van der Waals surface area (Å²) in [5, 5.41) is 0.401. The summed E-state index contributed by atoms with van der Waals surface area (Å²) in [7, 11) is 0. The second kappa shape index (κ2) is 5.38. The van der Waals surface area contributed by atoms with Gasteiger partial charge in [-0.25, -0.2) is 4.39 Å².